The van der Waals surface area contributed by atoms with Crippen LogP contribution in [0.25, 0.3) is 0 Å². The van der Waals surface area contributed by atoms with Crippen LogP contribution < -0.4 is 0 Å². The molecule has 0 radical (unpaired) electrons. The molecule has 2 aromatic carbocycles. The molecule has 2 aromatic rings. The van der Waals surface area contributed by atoms with Crippen LogP contribution in [0.1, 0.15) is 15.9 Å². The van der Waals surface area contributed by atoms with Crippen molar-refractivity contribution in [2.24, 2.45) is 0 Å². The van der Waals surface area contributed by atoms with E-state index in [1.807, 2.05) is 0 Å². The minimum Gasteiger partial charge on any atom is -0.288 e. The number of carbonyl (C=O) groups excluding carboxylic acids is 2. The van der Waals surface area contributed by atoms with Crippen LogP contribution in [-0.4, -0.2) is 16.8 Å². The van der Waals surface area contributed by atoms with Crippen molar-refractivity contribution in [1.82, 2.24) is 0 Å². The molecule has 0 aliphatic rings. The van der Waals surface area contributed by atoms with E-state index in [2.05, 4.69) is 0 Å². The molecule has 0 atom stereocenters. The van der Waals surface area contributed by atoms with Gasteiger partial charge < -0.3 is 0 Å². The lowest BCUT2D eigenvalue weighted by molar-refractivity contribution is -0.385. The van der Waals surface area contributed by atoms with Gasteiger partial charge in [-0.2, -0.15) is 0 Å². The lowest BCUT2D eigenvalue weighted by Crippen LogP contribution is -2.05. The van der Waals surface area contributed by atoms with Crippen molar-refractivity contribution in [2.75, 3.05) is 0 Å². The van der Waals surface area contributed by atoms with Crippen molar-refractivity contribution in [2.45, 2.75) is 0 Å². The van der Waals surface area contributed by atoms with Crippen LogP contribution in [0.5, 0.6) is 0 Å². The third-order valence-corrected chi connectivity index (χ3v) is 2.44. The number of hydrogen-bond donors (Lipinski definition) is 1. The zero-order valence-corrected chi connectivity index (χ0v) is 10.6. The Balaban J connectivity index is 0.000000677. The average molecular weight is 288 g/mol. The Bertz CT molecular complexity index is 695. The summed E-state index contributed by atoms with van der Waals surface area (Å²) in [5.74, 6) is -1.24. The fourth-order valence-electron chi connectivity index (χ4n) is 1.59. The molecule has 2 rings (SSSR count). The molecule has 0 unspecified atom stereocenters. The monoisotopic (exact) mass is 288 g/mol. The van der Waals surface area contributed by atoms with Crippen molar-refractivity contribution >= 4 is 17.6 Å². The van der Waals surface area contributed by atoms with E-state index in [4.69, 9.17) is 10.2 Å². The molecule has 7 heteroatoms. The van der Waals surface area contributed by atoms with Crippen LogP contribution in [0.2, 0.25) is 0 Å². The molecule has 0 saturated heterocycles. The number of isocyanates is 1. The van der Waals surface area contributed by atoms with Crippen molar-refractivity contribution in [3.63, 3.8) is 0 Å². The first kappa shape index (κ1) is 15.9. The maximum Gasteiger partial charge on any atom is 0.283 e. The van der Waals surface area contributed by atoms with Gasteiger partial charge in [-0.25, -0.2) is 14.6 Å². The summed E-state index contributed by atoms with van der Waals surface area (Å²) in [6.07, 6.45) is 0.750. The van der Waals surface area contributed by atoms with Gasteiger partial charge in [-0.15, -0.1) is 0 Å². The summed E-state index contributed by atoms with van der Waals surface area (Å²) < 4.78 is 13.0. The van der Waals surface area contributed by atoms with Crippen molar-refractivity contribution < 1.29 is 18.9 Å². The number of rotatable bonds is 3. The predicted molar refractivity (Wildman–Crippen MR) is 71.3 cm³/mol. The fraction of sp³-hybridized carbons (Fsp3) is 0. The zero-order valence-electron chi connectivity index (χ0n) is 10.6. The number of nitrogens with zero attached hydrogens (tertiary/aromatic N) is 1. The zero-order chi connectivity index (χ0) is 15.8. The number of ketones is 1. The Hall–Kier alpha value is -3.18. The molecule has 0 fully saturated rings. The highest BCUT2D eigenvalue weighted by atomic mass is 19.1. The largest absolute Gasteiger partial charge is 0.288 e. The Morgan fingerprint density at radius 1 is 1.19 bits per heavy atom. The first-order valence-corrected chi connectivity index (χ1v) is 5.58. The first-order chi connectivity index (χ1) is 10.0. The third-order valence-electron chi connectivity index (χ3n) is 2.44. The lowest BCUT2D eigenvalue weighted by atomic mass is 10.0. The number of hydrogen-bond acceptors (Lipinski definition) is 5. The van der Waals surface area contributed by atoms with Gasteiger partial charge in [-0.05, 0) is 12.1 Å². The predicted octanol–water partition coefficient (Wildman–Crippen LogP) is 2.87. The summed E-state index contributed by atoms with van der Waals surface area (Å²) in [4.78, 5) is 30.4. The fourth-order valence-corrected chi connectivity index (χ4v) is 1.59. The molecule has 0 amide bonds. The van der Waals surface area contributed by atoms with Crippen LogP contribution in [-0.2, 0) is 4.79 Å². The van der Waals surface area contributed by atoms with Crippen LogP contribution >= 0.6 is 0 Å². The number of halogens is 1. The molecule has 0 heterocycles. The Kier molecular flexibility index (Phi) is 5.61. The second kappa shape index (κ2) is 7.42. The van der Waals surface area contributed by atoms with Crippen molar-refractivity contribution in [3.8, 4) is 0 Å². The summed E-state index contributed by atoms with van der Waals surface area (Å²) >= 11 is 0. The average Bonchev–Trinajstić information content (AvgIpc) is 2.48. The maximum absolute atomic E-state index is 13.0. The van der Waals surface area contributed by atoms with E-state index in [9.17, 15) is 19.3 Å². The quantitative estimate of drug-likeness (QED) is 0.308. The standard InChI is InChI=1S/C13H8FNO3.CHNO/c14-10-6-7-11(12(8-10)15(17)18)13(16)9-4-2-1-3-5-9;2-1-3/h1-8H;2H. The summed E-state index contributed by atoms with van der Waals surface area (Å²) in [7, 11) is 0. The van der Waals surface area contributed by atoms with Crippen molar-refractivity contribution in [3.05, 3.63) is 75.6 Å². The molecular weight excluding hydrogens is 279 g/mol. The SMILES string of the molecule is N=C=O.O=C(c1ccccc1)c1ccc(F)cc1[N+](=O)[O-]. The maximum atomic E-state index is 13.0. The van der Waals surface area contributed by atoms with E-state index in [0.29, 0.717) is 5.56 Å². The summed E-state index contributed by atoms with van der Waals surface area (Å²) in [6, 6.07) is 11.0. The van der Waals surface area contributed by atoms with E-state index in [1.54, 1.807) is 30.3 Å². The number of nitro groups is 1. The molecule has 1 N–H and O–H groups in total. The van der Waals surface area contributed by atoms with E-state index >= 15 is 0 Å². The van der Waals surface area contributed by atoms with Gasteiger partial charge in [0.15, 0.2) is 5.78 Å². The second-order valence-electron chi connectivity index (χ2n) is 3.72. The molecule has 106 valence electrons. The molecule has 0 aliphatic carbocycles. The van der Waals surface area contributed by atoms with Crippen LogP contribution in [0, 0.1) is 21.3 Å². The van der Waals surface area contributed by atoms with Gasteiger partial charge >= 0.3 is 0 Å². The normalized spacial score (nSPS) is 9.00. The van der Waals surface area contributed by atoms with Gasteiger partial charge in [-0.1, -0.05) is 30.3 Å². The van der Waals surface area contributed by atoms with Crippen LogP contribution in [0.3, 0.4) is 0 Å². The lowest BCUT2D eigenvalue weighted by Gasteiger charge is -2.02. The highest BCUT2D eigenvalue weighted by Crippen LogP contribution is 2.22. The molecule has 0 aromatic heterocycles. The third kappa shape index (κ3) is 4.15. The van der Waals surface area contributed by atoms with Gasteiger partial charge in [-0.3, -0.25) is 14.9 Å². The molecular formula is C14H9FN2O4. The van der Waals surface area contributed by atoms with E-state index < -0.39 is 22.2 Å². The Morgan fingerprint density at radius 2 is 1.76 bits per heavy atom. The topological polar surface area (TPSA) is 101 Å². The summed E-state index contributed by atoms with van der Waals surface area (Å²) in [6.45, 7) is 0. The second-order valence-corrected chi connectivity index (χ2v) is 3.72. The van der Waals surface area contributed by atoms with Crippen molar-refractivity contribution in [1.29, 1.82) is 5.41 Å². The highest BCUT2D eigenvalue weighted by molar-refractivity contribution is 6.11. The molecule has 21 heavy (non-hydrogen) atoms. The van der Waals surface area contributed by atoms with E-state index in [-0.39, 0.29) is 5.56 Å². The van der Waals surface area contributed by atoms with Gasteiger partial charge in [0.05, 0.1) is 11.0 Å². The molecule has 0 bridgehead atoms. The van der Waals surface area contributed by atoms with Crippen LogP contribution in [0.15, 0.2) is 48.5 Å². The minimum absolute atomic E-state index is 0.118. The minimum atomic E-state index is -0.765. The number of carbonyl (C=O) groups is 1. The summed E-state index contributed by atoms with van der Waals surface area (Å²) in [5, 5.41) is 16.2. The number of nitrogens with one attached hydrogen (secondary N) is 1. The Labute approximate surface area is 118 Å². The summed E-state index contributed by atoms with van der Waals surface area (Å²) in [5.41, 5.74) is -0.316. The highest BCUT2D eigenvalue weighted by Gasteiger charge is 2.21. The molecule has 0 aliphatic heterocycles. The first-order valence-electron chi connectivity index (χ1n) is 5.58. The number of benzene rings is 2. The smallest absolute Gasteiger partial charge is 0.283 e. The van der Waals surface area contributed by atoms with Gasteiger partial charge in [0.2, 0.25) is 6.08 Å². The van der Waals surface area contributed by atoms with Gasteiger partial charge in [0, 0.05) is 5.56 Å². The van der Waals surface area contributed by atoms with E-state index in [1.165, 1.54) is 0 Å². The number of nitro benzene ring substituents is 1. The van der Waals surface area contributed by atoms with Gasteiger partial charge in [0.1, 0.15) is 11.4 Å². The van der Waals surface area contributed by atoms with Gasteiger partial charge in [0.25, 0.3) is 5.69 Å². The Morgan fingerprint density at radius 3 is 2.29 bits per heavy atom. The van der Waals surface area contributed by atoms with Crippen LogP contribution in [0.4, 0.5) is 10.1 Å². The molecule has 0 spiro atoms. The molecule has 0 saturated carbocycles. The van der Waals surface area contributed by atoms with E-state index in [0.717, 1.165) is 24.3 Å². The molecule has 6 nitrogen and oxygen atoms in total.